The molecule has 1 heterocycles. The van der Waals surface area contributed by atoms with E-state index in [0.717, 1.165) is 12.1 Å². The highest BCUT2D eigenvalue weighted by molar-refractivity contribution is 5.94. The summed E-state index contributed by atoms with van der Waals surface area (Å²) in [5.74, 6) is -1.22. The monoisotopic (exact) mass is 364 g/mol. The first-order chi connectivity index (χ1) is 12.3. The molecule has 9 heteroatoms. The molecule has 26 heavy (non-hydrogen) atoms. The highest BCUT2D eigenvalue weighted by atomic mass is 19.4. The number of nitrogens with zero attached hydrogens (tertiary/aromatic N) is 3. The molecule has 3 aromatic rings. The van der Waals surface area contributed by atoms with Crippen molar-refractivity contribution in [3.05, 3.63) is 72.1 Å². The van der Waals surface area contributed by atoms with Gasteiger partial charge < -0.3 is 5.32 Å². The van der Waals surface area contributed by atoms with Crippen LogP contribution in [0.15, 0.2) is 55.1 Å². The van der Waals surface area contributed by atoms with Crippen molar-refractivity contribution in [3.8, 4) is 5.69 Å². The number of anilines is 1. The number of carbonyl (C=O) groups is 1. The van der Waals surface area contributed by atoms with Crippen molar-refractivity contribution < 1.29 is 22.4 Å². The largest absolute Gasteiger partial charge is 0.416 e. The van der Waals surface area contributed by atoms with E-state index in [1.807, 2.05) is 0 Å². The van der Waals surface area contributed by atoms with Gasteiger partial charge in [-0.1, -0.05) is 18.2 Å². The van der Waals surface area contributed by atoms with Crippen molar-refractivity contribution in [2.75, 3.05) is 5.32 Å². The van der Waals surface area contributed by atoms with Gasteiger partial charge in [-0.3, -0.25) is 4.79 Å². The number of halogens is 4. The van der Waals surface area contributed by atoms with E-state index in [4.69, 9.17) is 0 Å². The molecule has 0 unspecified atom stereocenters. The average Bonchev–Trinajstić information content (AvgIpc) is 3.10. The zero-order chi connectivity index (χ0) is 18.7. The lowest BCUT2D eigenvalue weighted by Gasteiger charge is -2.14. The fourth-order valence-electron chi connectivity index (χ4n) is 2.35. The van der Waals surface area contributed by atoms with Gasteiger partial charge in [0, 0.05) is 0 Å². The van der Waals surface area contributed by atoms with Crippen molar-refractivity contribution in [2.45, 2.75) is 12.6 Å². The number of benzene rings is 2. The fourth-order valence-corrected chi connectivity index (χ4v) is 2.35. The van der Waals surface area contributed by atoms with E-state index in [0.29, 0.717) is 0 Å². The van der Waals surface area contributed by atoms with Crippen LogP contribution in [0.3, 0.4) is 0 Å². The fraction of sp³-hybridized carbons (Fsp3) is 0.118. The van der Waals surface area contributed by atoms with Crippen LogP contribution in [0.2, 0.25) is 0 Å². The second kappa shape index (κ2) is 6.95. The maximum atomic E-state index is 13.7. The van der Waals surface area contributed by atoms with Gasteiger partial charge in [0.2, 0.25) is 5.91 Å². The highest BCUT2D eigenvalue weighted by Gasteiger charge is 2.31. The minimum atomic E-state index is -4.58. The molecule has 0 bridgehead atoms. The van der Waals surface area contributed by atoms with Crippen molar-refractivity contribution in [2.24, 2.45) is 0 Å². The Kier molecular flexibility index (Phi) is 4.70. The molecule has 0 saturated heterocycles. The summed E-state index contributed by atoms with van der Waals surface area (Å²) in [5, 5.41) is 6.25. The molecule has 0 radical (unpaired) electrons. The summed E-state index contributed by atoms with van der Waals surface area (Å²) in [7, 11) is 0. The van der Waals surface area contributed by atoms with Crippen LogP contribution in [-0.2, 0) is 17.4 Å². The Hall–Kier alpha value is -3.23. The molecule has 0 aliphatic heterocycles. The van der Waals surface area contributed by atoms with Crippen molar-refractivity contribution >= 4 is 11.6 Å². The van der Waals surface area contributed by atoms with Crippen molar-refractivity contribution in [3.63, 3.8) is 0 Å². The highest BCUT2D eigenvalue weighted by Crippen LogP contribution is 2.33. The predicted molar refractivity (Wildman–Crippen MR) is 85.1 cm³/mol. The van der Waals surface area contributed by atoms with E-state index in [2.05, 4.69) is 15.4 Å². The van der Waals surface area contributed by atoms with Gasteiger partial charge in [-0.2, -0.15) is 18.3 Å². The Morgan fingerprint density at radius 3 is 2.58 bits per heavy atom. The van der Waals surface area contributed by atoms with Crippen molar-refractivity contribution in [1.29, 1.82) is 0 Å². The Morgan fingerprint density at radius 1 is 1.15 bits per heavy atom. The Labute approximate surface area is 145 Å². The predicted octanol–water partition coefficient (Wildman–Crippen LogP) is 3.61. The SMILES string of the molecule is O=C(Cc1ccccc1F)Nc1cc(C(F)(F)F)ccc1-n1cncn1. The summed E-state index contributed by atoms with van der Waals surface area (Å²) >= 11 is 0. The molecule has 0 aliphatic carbocycles. The van der Waals surface area contributed by atoms with Gasteiger partial charge in [0.15, 0.2) is 0 Å². The lowest BCUT2D eigenvalue weighted by Crippen LogP contribution is -2.18. The van der Waals surface area contributed by atoms with Gasteiger partial charge in [0.05, 0.1) is 23.4 Å². The standard InChI is InChI=1S/C17H12F4N4O/c18-13-4-2-1-3-11(13)7-16(26)24-14-8-12(17(19,20)21)5-6-15(14)25-10-22-9-23-25/h1-6,8-10H,7H2,(H,24,26). The first-order valence-corrected chi connectivity index (χ1v) is 7.44. The van der Waals surface area contributed by atoms with Gasteiger partial charge in [-0.15, -0.1) is 0 Å². The van der Waals surface area contributed by atoms with Gasteiger partial charge in [-0.25, -0.2) is 14.1 Å². The molecule has 5 nitrogen and oxygen atoms in total. The third kappa shape index (κ3) is 3.88. The normalized spacial score (nSPS) is 11.4. The Morgan fingerprint density at radius 2 is 1.92 bits per heavy atom. The second-order valence-electron chi connectivity index (χ2n) is 5.39. The summed E-state index contributed by atoms with van der Waals surface area (Å²) in [4.78, 5) is 15.9. The zero-order valence-corrected chi connectivity index (χ0v) is 13.2. The summed E-state index contributed by atoms with van der Waals surface area (Å²) in [6, 6.07) is 8.53. The van der Waals surface area contributed by atoms with E-state index >= 15 is 0 Å². The quantitative estimate of drug-likeness (QED) is 0.720. The van der Waals surface area contributed by atoms with Crippen LogP contribution < -0.4 is 5.32 Å². The number of amides is 1. The summed E-state index contributed by atoms with van der Waals surface area (Å²) < 4.78 is 53.8. The van der Waals surface area contributed by atoms with E-state index in [1.165, 1.54) is 41.6 Å². The molecular formula is C17H12F4N4O. The molecule has 134 valence electrons. The van der Waals surface area contributed by atoms with Crippen LogP contribution in [0.1, 0.15) is 11.1 Å². The number of rotatable bonds is 4. The first-order valence-electron chi connectivity index (χ1n) is 7.44. The number of hydrogen-bond acceptors (Lipinski definition) is 3. The lowest BCUT2D eigenvalue weighted by atomic mass is 10.1. The molecule has 3 rings (SSSR count). The molecule has 1 aromatic heterocycles. The number of nitrogens with one attached hydrogen (secondary N) is 1. The lowest BCUT2D eigenvalue weighted by molar-refractivity contribution is -0.137. The third-order valence-electron chi connectivity index (χ3n) is 3.57. The molecule has 1 amide bonds. The van der Waals surface area contributed by atoms with Gasteiger partial charge in [0.1, 0.15) is 18.5 Å². The maximum absolute atomic E-state index is 13.7. The number of carbonyl (C=O) groups excluding carboxylic acids is 1. The summed E-state index contributed by atoms with van der Waals surface area (Å²) in [6.07, 6.45) is -2.40. The van der Waals surface area contributed by atoms with Crippen LogP contribution in [0, 0.1) is 5.82 Å². The smallest absolute Gasteiger partial charge is 0.324 e. The van der Waals surface area contributed by atoms with Crippen LogP contribution >= 0.6 is 0 Å². The average molecular weight is 364 g/mol. The van der Waals surface area contributed by atoms with E-state index < -0.39 is 23.5 Å². The summed E-state index contributed by atoms with van der Waals surface area (Å²) in [6.45, 7) is 0. The third-order valence-corrected chi connectivity index (χ3v) is 3.57. The summed E-state index contributed by atoms with van der Waals surface area (Å²) in [5.41, 5.74) is -0.689. The maximum Gasteiger partial charge on any atom is 0.416 e. The molecule has 0 aliphatic rings. The van der Waals surface area contributed by atoms with Gasteiger partial charge >= 0.3 is 6.18 Å². The van der Waals surface area contributed by atoms with E-state index in [1.54, 1.807) is 6.07 Å². The molecule has 0 spiro atoms. The van der Waals surface area contributed by atoms with Crippen LogP contribution in [-0.4, -0.2) is 20.7 Å². The molecule has 0 fully saturated rings. The van der Waals surface area contributed by atoms with Gasteiger partial charge in [-0.05, 0) is 29.8 Å². The minimum Gasteiger partial charge on any atom is -0.324 e. The zero-order valence-electron chi connectivity index (χ0n) is 13.2. The second-order valence-corrected chi connectivity index (χ2v) is 5.39. The molecule has 1 N–H and O–H groups in total. The van der Waals surface area contributed by atoms with Crippen molar-refractivity contribution in [1.82, 2.24) is 14.8 Å². The van der Waals surface area contributed by atoms with E-state index in [9.17, 15) is 22.4 Å². The van der Waals surface area contributed by atoms with E-state index in [-0.39, 0.29) is 23.4 Å². The van der Waals surface area contributed by atoms with Gasteiger partial charge in [0.25, 0.3) is 0 Å². The topological polar surface area (TPSA) is 59.8 Å². The molecule has 0 saturated carbocycles. The number of alkyl halides is 3. The molecular weight excluding hydrogens is 352 g/mol. The Balaban J connectivity index is 1.91. The first kappa shape index (κ1) is 17.6. The Bertz CT molecular complexity index is 923. The number of hydrogen-bond donors (Lipinski definition) is 1. The number of aromatic nitrogens is 3. The molecule has 0 atom stereocenters. The minimum absolute atomic E-state index is 0.105. The van der Waals surface area contributed by atoms with Crippen LogP contribution in [0.5, 0.6) is 0 Å². The molecule has 2 aromatic carbocycles. The van der Waals surface area contributed by atoms with Crippen LogP contribution in [0.25, 0.3) is 5.69 Å². The van der Waals surface area contributed by atoms with Crippen LogP contribution in [0.4, 0.5) is 23.2 Å².